The standard InChI is InChI=1S/C22H27N3O4S/c1-16-5-3-4-6-20(16)22(26)25-13-11-18(12-14-25)29-21-10-7-17(15-23-21)24(2)30(27,28)19-8-9-19/h3-7,10,15,18-19H,8-9,11-14H2,1-2H3. The normalized spacial score (nSPS) is 17.6. The summed E-state index contributed by atoms with van der Waals surface area (Å²) >= 11 is 0. The van der Waals surface area contributed by atoms with Gasteiger partial charge in [-0.25, -0.2) is 13.4 Å². The average molecular weight is 430 g/mol. The number of aryl methyl sites for hydroxylation is 1. The van der Waals surface area contributed by atoms with Crippen LogP contribution in [0.2, 0.25) is 0 Å². The van der Waals surface area contributed by atoms with Crippen LogP contribution in [-0.2, 0) is 10.0 Å². The van der Waals surface area contributed by atoms with Crippen LogP contribution in [-0.4, -0.2) is 55.7 Å². The average Bonchev–Trinajstić information content (AvgIpc) is 3.60. The molecular weight excluding hydrogens is 402 g/mol. The molecule has 1 aromatic heterocycles. The first-order valence-corrected chi connectivity index (χ1v) is 11.8. The van der Waals surface area contributed by atoms with Crippen molar-refractivity contribution >= 4 is 21.6 Å². The fourth-order valence-electron chi connectivity index (χ4n) is 3.70. The summed E-state index contributed by atoms with van der Waals surface area (Å²) in [5.41, 5.74) is 2.27. The predicted molar refractivity (Wildman–Crippen MR) is 115 cm³/mol. The molecule has 1 saturated heterocycles. The molecule has 1 amide bonds. The van der Waals surface area contributed by atoms with Gasteiger partial charge in [0.2, 0.25) is 15.9 Å². The third-order valence-electron chi connectivity index (χ3n) is 5.80. The van der Waals surface area contributed by atoms with Crippen LogP contribution in [0.1, 0.15) is 41.6 Å². The van der Waals surface area contributed by atoms with Gasteiger partial charge in [-0.3, -0.25) is 9.10 Å². The lowest BCUT2D eigenvalue weighted by Gasteiger charge is -2.32. The van der Waals surface area contributed by atoms with Gasteiger partial charge in [0.15, 0.2) is 0 Å². The van der Waals surface area contributed by atoms with E-state index in [9.17, 15) is 13.2 Å². The highest BCUT2D eigenvalue weighted by atomic mass is 32.2. The third-order valence-corrected chi connectivity index (χ3v) is 8.09. The van der Waals surface area contributed by atoms with E-state index in [0.29, 0.717) is 24.7 Å². The molecule has 0 spiro atoms. The topological polar surface area (TPSA) is 79.8 Å². The Balaban J connectivity index is 1.32. The maximum Gasteiger partial charge on any atom is 0.254 e. The van der Waals surface area contributed by atoms with Gasteiger partial charge in [-0.1, -0.05) is 18.2 Å². The SMILES string of the molecule is Cc1ccccc1C(=O)N1CCC(Oc2ccc(N(C)S(=O)(=O)C3CC3)cn2)CC1. The first-order valence-electron chi connectivity index (χ1n) is 10.3. The number of ether oxygens (including phenoxy) is 1. The number of hydrogen-bond donors (Lipinski definition) is 0. The van der Waals surface area contributed by atoms with E-state index < -0.39 is 10.0 Å². The molecule has 2 aromatic rings. The molecule has 30 heavy (non-hydrogen) atoms. The summed E-state index contributed by atoms with van der Waals surface area (Å²) in [5.74, 6) is 0.536. The molecule has 0 N–H and O–H groups in total. The summed E-state index contributed by atoms with van der Waals surface area (Å²) in [6.45, 7) is 3.22. The van der Waals surface area contributed by atoms with Gasteiger partial charge in [-0.15, -0.1) is 0 Å². The van der Waals surface area contributed by atoms with Crippen LogP contribution in [0.25, 0.3) is 0 Å². The van der Waals surface area contributed by atoms with Gasteiger partial charge in [0.05, 0.1) is 17.1 Å². The summed E-state index contributed by atoms with van der Waals surface area (Å²) in [4.78, 5) is 18.9. The van der Waals surface area contributed by atoms with Crippen LogP contribution in [0.4, 0.5) is 5.69 Å². The van der Waals surface area contributed by atoms with Crippen LogP contribution >= 0.6 is 0 Å². The Hall–Kier alpha value is -2.61. The second-order valence-corrected chi connectivity index (χ2v) is 10.2. The van der Waals surface area contributed by atoms with E-state index in [2.05, 4.69) is 4.98 Å². The largest absolute Gasteiger partial charge is 0.474 e. The molecule has 0 unspecified atom stereocenters. The number of hydrogen-bond acceptors (Lipinski definition) is 5. The number of carbonyl (C=O) groups is 1. The van der Waals surface area contributed by atoms with Gasteiger partial charge in [0.25, 0.3) is 5.91 Å². The van der Waals surface area contributed by atoms with E-state index >= 15 is 0 Å². The van der Waals surface area contributed by atoms with E-state index in [1.807, 2.05) is 36.1 Å². The fraction of sp³-hybridized carbons (Fsp3) is 0.455. The van der Waals surface area contributed by atoms with Crippen LogP contribution in [0.5, 0.6) is 5.88 Å². The Morgan fingerprint density at radius 1 is 1.10 bits per heavy atom. The summed E-state index contributed by atoms with van der Waals surface area (Å²) in [7, 11) is -1.72. The van der Waals surface area contributed by atoms with Crippen LogP contribution in [0, 0.1) is 6.92 Å². The molecule has 2 fully saturated rings. The van der Waals surface area contributed by atoms with Gasteiger partial charge < -0.3 is 9.64 Å². The lowest BCUT2D eigenvalue weighted by molar-refractivity contribution is 0.0587. The van der Waals surface area contributed by atoms with Gasteiger partial charge in [0.1, 0.15) is 6.10 Å². The summed E-state index contributed by atoms with van der Waals surface area (Å²) in [6.07, 6.45) is 4.44. The van der Waals surface area contributed by atoms with Gasteiger partial charge >= 0.3 is 0 Å². The predicted octanol–water partition coefficient (Wildman–Crippen LogP) is 3.00. The molecule has 0 radical (unpaired) electrons. The Morgan fingerprint density at radius 3 is 2.40 bits per heavy atom. The molecule has 2 aliphatic rings. The first-order chi connectivity index (χ1) is 14.4. The molecule has 4 rings (SSSR count). The van der Waals surface area contributed by atoms with E-state index in [1.165, 1.54) is 10.5 Å². The second-order valence-electron chi connectivity index (χ2n) is 7.99. The van der Waals surface area contributed by atoms with Crippen molar-refractivity contribution in [3.05, 3.63) is 53.7 Å². The van der Waals surface area contributed by atoms with Crippen molar-refractivity contribution < 1.29 is 17.9 Å². The lowest BCUT2D eigenvalue weighted by atomic mass is 10.0. The Labute approximate surface area is 177 Å². The molecule has 8 heteroatoms. The number of pyridine rings is 1. The second kappa shape index (κ2) is 8.26. The number of aromatic nitrogens is 1. The first kappa shape index (κ1) is 20.7. The number of rotatable bonds is 6. The monoisotopic (exact) mass is 429 g/mol. The zero-order chi connectivity index (χ0) is 21.3. The molecule has 1 aromatic carbocycles. The van der Waals surface area contributed by atoms with Crippen molar-refractivity contribution in [2.75, 3.05) is 24.4 Å². The van der Waals surface area contributed by atoms with Crippen molar-refractivity contribution in [2.45, 2.75) is 44.0 Å². The Bertz CT molecular complexity index is 1010. The molecule has 1 aliphatic carbocycles. The lowest BCUT2D eigenvalue weighted by Crippen LogP contribution is -2.42. The molecule has 1 saturated carbocycles. The van der Waals surface area contributed by atoms with Crippen LogP contribution in [0.3, 0.4) is 0 Å². The molecule has 160 valence electrons. The van der Waals surface area contributed by atoms with Crippen molar-refractivity contribution in [2.24, 2.45) is 0 Å². The Kier molecular flexibility index (Phi) is 5.69. The van der Waals surface area contributed by atoms with Crippen LogP contribution < -0.4 is 9.04 Å². The number of benzene rings is 1. The smallest absolute Gasteiger partial charge is 0.254 e. The molecular formula is C22H27N3O4S. The molecule has 1 aliphatic heterocycles. The fourth-order valence-corrected chi connectivity index (χ4v) is 5.28. The highest BCUT2D eigenvalue weighted by molar-refractivity contribution is 7.93. The number of carbonyl (C=O) groups excluding carboxylic acids is 1. The maximum atomic E-state index is 12.7. The van der Waals surface area contributed by atoms with E-state index in [0.717, 1.165) is 36.8 Å². The van der Waals surface area contributed by atoms with Crippen molar-refractivity contribution in [1.82, 2.24) is 9.88 Å². The number of sulfonamides is 1. The van der Waals surface area contributed by atoms with E-state index in [1.54, 1.807) is 19.2 Å². The summed E-state index contributed by atoms with van der Waals surface area (Å²) < 4.78 is 32.0. The van der Waals surface area contributed by atoms with Crippen LogP contribution in [0.15, 0.2) is 42.6 Å². The molecule has 0 bridgehead atoms. The summed E-state index contributed by atoms with van der Waals surface area (Å²) in [6, 6.07) is 11.1. The molecule has 7 nitrogen and oxygen atoms in total. The quantitative estimate of drug-likeness (QED) is 0.705. The Morgan fingerprint density at radius 2 is 1.80 bits per heavy atom. The van der Waals surface area contributed by atoms with Crippen molar-refractivity contribution in [3.8, 4) is 5.88 Å². The number of piperidine rings is 1. The highest BCUT2D eigenvalue weighted by Crippen LogP contribution is 2.33. The van der Waals surface area contributed by atoms with Crippen molar-refractivity contribution in [1.29, 1.82) is 0 Å². The van der Waals surface area contributed by atoms with Gasteiger partial charge in [-0.05, 0) is 37.5 Å². The summed E-state index contributed by atoms with van der Waals surface area (Å²) in [5, 5.41) is -0.258. The minimum Gasteiger partial charge on any atom is -0.474 e. The number of likely N-dealkylation sites (tertiary alicyclic amines) is 1. The number of nitrogens with zero attached hydrogens (tertiary/aromatic N) is 3. The van der Waals surface area contributed by atoms with Gasteiger partial charge in [0, 0.05) is 44.6 Å². The highest BCUT2D eigenvalue weighted by Gasteiger charge is 2.39. The minimum atomic E-state index is -3.28. The minimum absolute atomic E-state index is 0.0165. The zero-order valence-corrected chi connectivity index (χ0v) is 18.1. The zero-order valence-electron chi connectivity index (χ0n) is 17.3. The number of amides is 1. The van der Waals surface area contributed by atoms with Gasteiger partial charge in [-0.2, -0.15) is 0 Å². The maximum absolute atomic E-state index is 12.7. The molecule has 2 heterocycles. The third kappa shape index (κ3) is 4.28. The molecule has 0 atom stereocenters. The van der Waals surface area contributed by atoms with Crippen molar-refractivity contribution in [3.63, 3.8) is 0 Å². The number of anilines is 1. The van der Waals surface area contributed by atoms with E-state index in [4.69, 9.17) is 4.74 Å². The van der Waals surface area contributed by atoms with E-state index in [-0.39, 0.29) is 17.3 Å².